The van der Waals surface area contributed by atoms with Crippen LogP contribution in [0.4, 0.5) is 13.2 Å². The van der Waals surface area contributed by atoms with Gasteiger partial charge in [-0.05, 0) is 42.3 Å². The summed E-state index contributed by atoms with van der Waals surface area (Å²) in [4.78, 5) is 13.9. The molecule has 0 atom stereocenters. The minimum absolute atomic E-state index is 0.0920. The molecule has 1 aliphatic rings. The number of nitrogens with zero attached hydrogens (tertiary/aromatic N) is 2. The molecular formula is C20H20ClF3N2O4S. The molecule has 0 aromatic heterocycles. The van der Waals surface area contributed by atoms with E-state index in [1.165, 1.54) is 4.31 Å². The lowest BCUT2D eigenvalue weighted by Gasteiger charge is -2.34. The molecule has 2 aromatic rings. The molecule has 0 spiro atoms. The average molecular weight is 477 g/mol. The summed E-state index contributed by atoms with van der Waals surface area (Å²) in [6.07, 6.45) is -4.10. The first-order valence-corrected chi connectivity index (χ1v) is 11.3. The summed E-state index contributed by atoms with van der Waals surface area (Å²) in [6, 6.07) is 11.3. The van der Waals surface area contributed by atoms with Crippen molar-refractivity contribution in [3.8, 4) is 5.75 Å². The standard InChI is InChI=1S/C20H20ClF3N2O4S/c21-18-4-2-1-3-15(18)5-10-19(27)25-11-13-26(14-12-25)31(28,29)17-8-6-16(7-9-17)30-20(22,23)24/h1-4,6-9H,5,10-14H2. The fourth-order valence-corrected chi connectivity index (χ4v) is 4.89. The molecule has 0 radical (unpaired) electrons. The number of carbonyl (C=O) groups is 1. The lowest BCUT2D eigenvalue weighted by molar-refractivity contribution is -0.274. The van der Waals surface area contributed by atoms with Crippen molar-refractivity contribution in [3.63, 3.8) is 0 Å². The van der Waals surface area contributed by atoms with Crippen LogP contribution in [0.2, 0.25) is 5.02 Å². The van der Waals surface area contributed by atoms with Crippen molar-refractivity contribution in [2.24, 2.45) is 0 Å². The molecule has 2 aromatic carbocycles. The van der Waals surface area contributed by atoms with Crippen LogP contribution in [-0.2, 0) is 21.2 Å². The number of carbonyl (C=O) groups excluding carboxylic acids is 1. The zero-order valence-corrected chi connectivity index (χ0v) is 17.9. The van der Waals surface area contributed by atoms with E-state index in [9.17, 15) is 26.4 Å². The van der Waals surface area contributed by atoms with E-state index in [2.05, 4.69) is 4.74 Å². The number of piperazine rings is 1. The van der Waals surface area contributed by atoms with Crippen molar-refractivity contribution in [1.82, 2.24) is 9.21 Å². The Kier molecular flexibility index (Phi) is 7.13. The van der Waals surface area contributed by atoms with Gasteiger partial charge in [-0.2, -0.15) is 4.31 Å². The van der Waals surface area contributed by atoms with Crippen LogP contribution in [0, 0.1) is 0 Å². The van der Waals surface area contributed by atoms with Crippen molar-refractivity contribution in [3.05, 3.63) is 59.1 Å². The Morgan fingerprint density at radius 3 is 2.19 bits per heavy atom. The first-order chi connectivity index (χ1) is 14.6. The van der Waals surface area contributed by atoms with Crippen LogP contribution in [0.15, 0.2) is 53.4 Å². The molecule has 0 aliphatic carbocycles. The number of aryl methyl sites for hydroxylation is 1. The molecular weight excluding hydrogens is 457 g/mol. The molecule has 1 aliphatic heterocycles. The highest BCUT2D eigenvalue weighted by atomic mass is 35.5. The Labute approximate surface area is 183 Å². The van der Waals surface area contributed by atoms with Gasteiger partial charge in [-0.3, -0.25) is 4.79 Å². The largest absolute Gasteiger partial charge is 0.573 e. The Bertz CT molecular complexity index is 1020. The Balaban J connectivity index is 1.55. The van der Waals surface area contributed by atoms with E-state index in [-0.39, 0.29) is 43.4 Å². The third-order valence-electron chi connectivity index (χ3n) is 4.85. The van der Waals surface area contributed by atoms with E-state index in [0.717, 1.165) is 29.8 Å². The number of amides is 1. The summed E-state index contributed by atoms with van der Waals surface area (Å²) in [7, 11) is -3.89. The molecule has 168 valence electrons. The van der Waals surface area contributed by atoms with E-state index in [1.54, 1.807) is 11.0 Å². The SMILES string of the molecule is O=C(CCc1ccccc1Cl)N1CCN(S(=O)(=O)c2ccc(OC(F)(F)F)cc2)CC1. The van der Waals surface area contributed by atoms with E-state index < -0.39 is 22.1 Å². The highest BCUT2D eigenvalue weighted by molar-refractivity contribution is 7.89. The van der Waals surface area contributed by atoms with Gasteiger partial charge < -0.3 is 9.64 Å². The maximum Gasteiger partial charge on any atom is 0.573 e. The van der Waals surface area contributed by atoms with Gasteiger partial charge in [0.15, 0.2) is 0 Å². The maximum absolute atomic E-state index is 12.8. The topological polar surface area (TPSA) is 66.9 Å². The van der Waals surface area contributed by atoms with Gasteiger partial charge in [0.05, 0.1) is 4.90 Å². The average Bonchev–Trinajstić information content (AvgIpc) is 2.72. The van der Waals surface area contributed by atoms with Gasteiger partial charge >= 0.3 is 6.36 Å². The van der Waals surface area contributed by atoms with E-state index in [1.807, 2.05) is 18.2 Å². The molecule has 0 N–H and O–H groups in total. The highest BCUT2D eigenvalue weighted by Gasteiger charge is 2.32. The predicted octanol–water partition coefficient (Wildman–Crippen LogP) is 3.70. The molecule has 1 fully saturated rings. The van der Waals surface area contributed by atoms with Crippen molar-refractivity contribution in [2.45, 2.75) is 24.1 Å². The molecule has 11 heteroatoms. The number of hydrogen-bond donors (Lipinski definition) is 0. The third kappa shape index (κ3) is 6.11. The second-order valence-corrected chi connectivity index (χ2v) is 9.24. The molecule has 3 rings (SSSR count). The molecule has 0 unspecified atom stereocenters. The molecule has 31 heavy (non-hydrogen) atoms. The van der Waals surface area contributed by atoms with Gasteiger partial charge in [0.1, 0.15) is 5.75 Å². The Morgan fingerprint density at radius 2 is 1.61 bits per heavy atom. The molecule has 1 heterocycles. The first kappa shape index (κ1) is 23.4. The summed E-state index contributed by atoms with van der Waals surface area (Å²) in [5, 5.41) is 0.595. The van der Waals surface area contributed by atoms with Crippen molar-refractivity contribution in [1.29, 1.82) is 0 Å². The molecule has 1 saturated heterocycles. The number of ether oxygens (including phenoxy) is 1. The van der Waals surface area contributed by atoms with Crippen molar-refractivity contribution < 1.29 is 31.1 Å². The van der Waals surface area contributed by atoms with Gasteiger partial charge in [0.25, 0.3) is 0 Å². The number of alkyl halides is 3. The fraction of sp³-hybridized carbons (Fsp3) is 0.350. The fourth-order valence-electron chi connectivity index (χ4n) is 3.24. The molecule has 0 bridgehead atoms. The molecule has 1 amide bonds. The summed E-state index contributed by atoms with van der Waals surface area (Å²) in [6.45, 7) is 0.660. The molecule has 6 nitrogen and oxygen atoms in total. The monoisotopic (exact) mass is 476 g/mol. The van der Waals surface area contributed by atoms with Gasteiger partial charge in [-0.25, -0.2) is 8.42 Å². The van der Waals surface area contributed by atoms with Crippen LogP contribution < -0.4 is 4.74 Å². The van der Waals surface area contributed by atoms with Crippen molar-refractivity contribution >= 4 is 27.5 Å². The Hall–Kier alpha value is -2.30. The number of sulfonamides is 1. The number of rotatable bonds is 6. The van der Waals surface area contributed by atoms with Gasteiger partial charge in [-0.1, -0.05) is 29.8 Å². The number of hydrogen-bond acceptors (Lipinski definition) is 4. The van der Waals surface area contributed by atoms with Gasteiger partial charge in [-0.15, -0.1) is 13.2 Å². The number of benzene rings is 2. The summed E-state index contributed by atoms with van der Waals surface area (Å²) >= 11 is 6.10. The lowest BCUT2D eigenvalue weighted by atomic mass is 10.1. The molecule has 0 saturated carbocycles. The van der Waals surface area contributed by atoms with Crippen LogP contribution >= 0.6 is 11.6 Å². The van der Waals surface area contributed by atoms with Gasteiger partial charge in [0.2, 0.25) is 15.9 Å². The highest BCUT2D eigenvalue weighted by Crippen LogP contribution is 2.25. The smallest absolute Gasteiger partial charge is 0.406 e. The van der Waals surface area contributed by atoms with Crippen LogP contribution in [0.1, 0.15) is 12.0 Å². The third-order valence-corrected chi connectivity index (χ3v) is 7.13. The van der Waals surface area contributed by atoms with E-state index in [4.69, 9.17) is 11.6 Å². The van der Waals surface area contributed by atoms with Crippen molar-refractivity contribution in [2.75, 3.05) is 26.2 Å². The van der Waals surface area contributed by atoms with Gasteiger partial charge in [0, 0.05) is 37.6 Å². The summed E-state index contributed by atoms with van der Waals surface area (Å²) in [5.74, 6) is -0.592. The summed E-state index contributed by atoms with van der Waals surface area (Å²) in [5.41, 5.74) is 0.872. The second-order valence-electron chi connectivity index (χ2n) is 6.90. The summed E-state index contributed by atoms with van der Waals surface area (Å²) < 4.78 is 67.2. The van der Waals surface area contributed by atoms with E-state index in [0.29, 0.717) is 11.4 Å². The quantitative estimate of drug-likeness (QED) is 0.637. The van der Waals surface area contributed by atoms with Crippen LogP contribution in [-0.4, -0.2) is 56.1 Å². The first-order valence-electron chi connectivity index (χ1n) is 9.43. The predicted molar refractivity (Wildman–Crippen MR) is 108 cm³/mol. The second kappa shape index (κ2) is 9.46. The van der Waals surface area contributed by atoms with Crippen LogP contribution in [0.3, 0.4) is 0 Å². The minimum Gasteiger partial charge on any atom is -0.406 e. The Morgan fingerprint density at radius 1 is 1.00 bits per heavy atom. The lowest BCUT2D eigenvalue weighted by Crippen LogP contribution is -2.50. The number of halogens is 4. The zero-order chi connectivity index (χ0) is 22.6. The minimum atomic E-state index is -4.85. The van der Waals surface area contributed by atoms with E-state index >= 15 is 0 Å². The normalized spacial score (nSPS) is 15.7. The van der Waals surface area contributed by atoms with Crippen LogP contribution in [0.25, 0.3) is 0 Å². The maximum atomic E-state index is 12.8. The zero-order valence-electron chi connectivity index (χ0n) is 16.3. The van der Waals surface area contributed by atoms with Crippen LogP contribution in [0.5, 0.6) is 5.75 Å².